The number of ketones is 1. The van der Waals surface area contributed by atoms with E-state index in [1.54, 1.807) is 6.08 Å². The maximum atomic E-state index is 12.4. The number of halogens is 4. The molecule has 0 aromatic rings. The summed E-state index contributed by atoms with van der Waals surface area (Å²) < 4.78 is 2.30. The second-order valence-corrected chi connectivity index (χ2v) is 7.91. The molecule has 0 unspecified atom stereocenters. The lowest BCUT2D eigenvalue weighted by molar-refractivity contribution is -0.142. The molecule has 0 aliphatic carbocycles. The highest BCUT2D eigenvalue weighted by Crippen LogP contribution is 2.59. The van der Waals surface area contributed by atoms with E-state index < -0.39 is 26.2 Å². The molecule has 2 heterocycles. The molecule has 1 fully saturated rings. The van der Waals surface area contributed by atoms with Crippen molar-refractivity contribution >= 4 is 52.2 Å². The van der Waals surface area contributed by atoms with Crippen LogP contribution >= 0.6 is 46.4 Å². The van der Waals surface area contributed by atoms with Crippen LogP contribution in [0.15, 0.2) is 23.8 Å². The van der Waals surface area contributed by atoms with Gasteiger partial charge in [0.15, 0.2) is 0 Å². The number of hydrogen-bond acceptors (Lipinski definition) is 2. The molecule has 1 saturated heterocycles. The summed E-state index contributed by atoms with van der Waals surface area (Å²) in [6, 6.07) is 0. The highest BCUT2D eigenvalue weighted by molar-refractivity contribution is 6.70. The first-order chi connectivity index (χ1) is 8.55. The highest BCUT2D eigenvalue weighted by atomic mass is 35.5. The van der Waals surface area contributed by atoms with E-state index in [1.165, 1.54) is 0 Å². The third-order valence-electron chi connectivity index (χ3n) is 3.72. The summed E-state index contributed by atoms with van der Waals surface area (Å²) in [5, 5.41) is 0. The number of carbonyl (C=O) groups excluding carboxylic acids is 1. The number of ether oxygens (including phenoxy) is 1. The maximum absolute atomic E-state index is 12.4. The van der Waals surface area contributed by atoms with E-state index in [0.29, 0.717) is 12.8 Å². The van der Waals surface area contributed by atoms with Gasteiger partial charge in [-0.25, -0.2) is 0 Å². The SMILES string of the molecule is C=C(C)CC[C@@]12O[C@H](C=C1C)C(Cl)(Cl)C(=O)C2(Cl)Cl. The summed E-state index contributed by atoms with van der Waals surface area (Å²) in [7, 11) is 0. The second kappa shape index (κ2) is 4.64. The van der Waals surface area contributed by atoms with E-state index in [0.717, 1.165) is 11.1 Å². The minimum absolute atomic E-state index is 0.462. The van der Waals surface area contributed by atoms with E-state index >= 15 is 0 Å². The number of Topliss-reactive ketones (excluding diaryl/α,β-unsaturated/α-hetero) is 1. The monoisotopic (exact) mass is 342 g/mol. The van der Waals surface area contributed by atoms with Gasteiger partial charge in [0.05, 0.1) is 0 Å². The summed E-state index contributed by atoms with van der Waals surface area (Å²) in [5.41, 5.74) is 0.657. The van der Waals surface area contributed by atoms with Crippen LogP contribution in [0.2, 0.25) is 0 Å². The van der Waals surface area contributed by atoms with Crippen molar-refractivity contribution in [2.45, 2.75) is 47.1 Å². The van der Waals surface area contributed by atoms with Crippen LogP contribution in [-0.4, -0.2) is 26.2 Å². The zero-order valence-corrected chi connectivity index (χ0v) is 13.6. The van der Waals surface area contributed by atoms with Gasteiger partial charge in [0.1, 0.15) is 11.7 Å². The molecule has 2 nitrogen and oxygen atoms in total. The normalized spacial score (nSPS) is 35.2. The van der Waals surface area contributed by atoms with Crippen LogP contribution in [0.25, 0.3) is 0 Å². The first kappa shape index (κ1) is 15.7. The summed E-state index contributed by atoms with van der Waals surface area (Å²) >= 11 is 24.7. The summed E-state index contributed by atoms with van der Waals surface area (Å²) in [5.74, 6) is -0.627. The number of carbonyl (C=O) groups is 1. The molecule has 0 aromatic heterocycles. The number of allylic oxidation sites excluding steroid dienone is 1. The van der Waals surface area contributed by atoms with Crippen molar-refractivity contribution in [1.29, 1.82) is 0 Å². The maximum Gasteiger partial charge on any atom is 0.211 e. The molecule has 0 radical (unpaired) electrons. The number of rotatable bonds is 3. The highest BCUT2D eigenvalue weighted by Gasteiger charge is 2.70. The van der Waals surface area contributed by atoms with Gasteiger partial charge >= 0.3 is 0 Å². The Morgan fingerprint density at radius 2 is 2.00 bits per heavy atom. The average molecular weight is 344 g/mol. The molecule has 2 aliphatic heterocycles. The van der Waals surface area contributed by atoms with Crippen molar-refractivity contribution < 1.29 is 9.53 Å². The molecule has 2 bridgehead atoms. The molecular formula is C13H14Cl4O2. The molecule has 2 aliphatic rings. The molecule has 6 heteroatoms. The van der Waals surface area contributed by atoms with E-state index in [9.17, 15) is 4.79 Å². The van der Waals surface area contributed by atoms with E-state index in [-0.39, 0.29) is 0 Å². The fraction of sp³-hybridized carbons (Fsp3) is 0.615. The van der Waals surface area contributed by atoms with E-state index in [1.807, 2.05) is 13.8 Å². The van der Waals surface area contributed by atoms with Crippen molar-refractivity contribution in [1.82, 2.24) is 0 Å². The fourth-order valence-corrected chi connectivity index (χ4v) is 4.10. The second-order valence-electron chi connectivity index (χ2n) is 5.20. The van der Waals surface area contributed by atoms with Crippen LogP contribution in [0, 0.1) is 0 Å². The van der Waals surface area contributed by atoms with E-state index in [4.69, 9.17) is 51.1 Å². The van der Waals surface area contributed by atoms with Crippen LogP contribution in [0.5, 0.6) is 0 Å². The number of fused-ring (bicyclic) bond motifs is 2. The van der Waals surface area contributed by atoms with Crippen molar-refractivity contribution in [2.75, 3.05) is 0 Å². The van der Waals surface area contributed by atoms with Crippen molar-refractivity contribution in [2.24, 2.45) is 0 Å². The summed E-state index contributed by atoms with van der Waals surface area (Å²) in [6.07, 6.45) is 2.11. The standard InChI is InChI=1S/C13H14Cl4O2/c1-7(2)4-5-11-8(3)6-9(19-11)12(14,15)10(18)13(11,16)17/h6,9H,1,4-5H2,2-3H3/t9-,11-/m1/s1. The van der Waals surface area contributed by atoms with E-state index in [2.05, 4.69) is 6.58 Å². The van der Waals surface area contributed by atoms with Crippen molar-refractivity contribution in [3.8, 4) is 0 Å². The molecule has 2 atom stereocenters. The number of alkyl halides is 4. The van der Waals surface area contributed by atoms with Gasteiger partial charge in [-0.15, -0.1) is 6.58 Å². The van der Waals surface area contributed by atoms with Gasteiger partial charge in [0.2, 0.25) is 14.4 Å². The minimum atomic E-state index is -1.81. The smallest absolute Gasteiger partial charge is 0.211 e. The average Bonchev–Trinajstić information content (AvgIpc) is 2.62. The molecule has 0 aromatic carbocycles. The van der Waals surface area contributed by atoms with Gasteiger partial charge in [-0.2, -0.15) is 0 Å². The zero-order chi connectivity index (χ0) is 14.6. The van der Waals surface area contributed by atoms with Crippen molar-refractivity contribution in [3.63, 3.8) is 0 Å². The Labute approximate surface area is 132 Å². The predicted molar refractivity (Wildman–Crippen MR) is 79.3 cm³/mol. The Morgan fingerprint density at radius 3 is 2.53 bits per heavy atom. The topological polar surface area (TPSA) is 26.3 Å². The van der Waals surface area contributed by atoms with Gasteiger partial charge in [-0.1, -0.05) is 58.1 Å². The molecule has 106 valence electrons. The lowest BCUT2D eigenvalue weighted by Crippen LogP contribution is -2.64. The third-order valence-corrected chi connectivity index (χ3v) is 5.45. The summed E-state index contributed by atoms with van der Waals surface area (Å²) in [4.78, 5) is 12.4. The molecule has 19 heavy (non-hydrogen) atoms. The zero-order valence-electron chi connectivity index (χ0n) is 10.6. The fourth-order valence-electron chi connectivity index (χ4n) is 2.53. The molecule has 0 saturated carbocycles. The van der Waals surface area contributed by atoms with Gasteiger partial charge in [-0.3, -0.25) is 4.79 Å². The first-order valence-corrected chi connectivity index (χ1v) is 7.38. The summed E-state index contributed by atoms with van der Waals surface area (Å²) in [6.45, 7) is 7.55. The van der Waals surface area contributed by atoms with Crippen LogP contribution in [0.4, 0.5) is 0 Å². The van der Waals surface area contributed by atoms with Gasteiger partial charge in [0, 0.05) is 0 Å². The Kier molecular flexibility index (Phi) is 3.82. The number of hydrogen-bond donors (Lipinski definition) is 0. The van der Waals surface area contributed by atoms with Crippen LogP contribution < -0.4 is 0 Å². The quantitative estimate of drug-likeness (QED) is 0.562. The van der Waals surface area contributed by atoms with Gasteiger partial charge < -0.3 is 4.74 Å². The molecular weight excluding hydrogens is 330 g/mol. The Bertz CT molecular complexity index is 481. The Morgan fingerprint density at radius 1 is 1.42 bits per heavy atom. The largest absolute Gasteiger partial charge is 0.356 e. The molecule has 0 spiro atoms. The van der Waals surface area contributed by atoms with Crippen LogP contribution in [0.1, 0.15) is 26.7 Å². The van der Waals surface area contributed by atoms with Crippen molar-refractivity contribution in [3.05, 3.63) is 23.8 Å². The third kappa shape index (κ3) is 2.08. The minimum Gasteiger partial charge on any atom is -0.356 e. The first-order valence-electron chi connectivity index (χ1n) is 5.87. The lowest BCUT2D eigenvalue weighted by Gasteiger charge is -2.47. The molecule has 0 N–H and O–H groups in total. The van der Waals surface area contributed by atoms with Crippen LogP contribution in [-0.2, 0) is 9.53 Å². The molecule has 0 amide bonds. The predicted octanol–water partition coefficient (Wildman–Crippen LogP) is 4.36. The Balaban J connectivity index is 2.47. The van der Waals surface area contributed by atoms with Gasteiger partial charge in [-0.05, 0) is 32.3 Å². The molecule has 2 rings (SSSR count). The van der Waals surface area contributed by atoms with Gasteiger partial charge in [0.25, 0.3) is 0 Å². The Hall–Kier alpha value is 0.270. The van der Waals surface area contributed by atoms with Crippen LogP contribution in [0.3, 0.4) is 0 Å². The lowest BCUT2D eigenvalue weighted by atomic mass is 9.83.